The van der Waals surface area contributed by atoms with Crippen molar-refractivity contribution < 1.29 is 4.79 Å². The van der Waals surface area contributed by atoms with Crippen molar-refractivity contribution in [3.05, 3.63) is 11.6 Å². The Hall–Kier alpha value is -1.12. The number of carbonyl (C=O) groups excluding carboxylic acids is 1. The molecule has 1 fully saturated rings. The number of allylic oxidation sites excluding steroid dienone is 1. The molecule has 3 nitrogen and oxygen atoms in total. The van der Waals surface area contributed by atoms with Gasteiger partial charge in [-0.3, -0.25) is 4.79 Å². The highest BCUT2D eigenvalue weighted by Crippen LogP contribution is 2.37. The van der Waals surface area contributed by atoms with E-state index in [1.54, 1.807) is 0 Å². The van der Waals surface area contributed by atoms with Crippen molar-refractivity contribution >= 4 is 12.1 Å². The summed E-state index contributed by atoms with van der Waals surface area (Å²) in [7, 11) is 0. The van der Waals surface area contributed by atoms with Crippen LogP contribution in [0.15, 0.2) is 11.6 Å². The van der Waals surface area contributed by atoms with Crippen LogP contribution in [-0.4, -0.2) is 12.1 Å². The van der Waals surface area contributed by atoms with Gasteiger partial charge in [0.2, 0.25) is 5.91 Å². The Morgan fingerprint density at radius 3 is 2.36 bits per heavy atom. The van der Waals surface area contributed by atoms with E-state index in [1.807, 2.05) is 6.08 Å². The minimum Gasteiger partial charge on any atom is -0.366 e. The Balaban J connectivity index is 2.80. The van der Waals surface area contributed by atoms with Crippen LogP contribution in [0, 0.1) is 10.8 Å². The second-order valence-electron chi connectivity index (χ2n) is 4.32. The summed E-state index contributed by atoms with van der Waals surface area (Å²) in [5.74, 6) is -0.494. The van der Waals surface area contributed by atoms with Gasteiger partial charge in [-0.05, 0) is 18.3 Å². The maximum Gasteiger partial charge on any atom is 0.249 e. The molecule has 1 aliphatic carbocycles. The molecule has 3 heteroatoms. The molecule has 0 aromatic rings. The lowest BCUT2D eigenvalue weighted by atomic mass is 9.75. The van der Waals surface area contributed by atoms with E-state index >= 15 is 0 Å². The van der Waals surface area contributed by atoms with Crippen molar-refractivity contribution in [2.75, 3.05) is 0 Å². The number of primary amides is 1. The van der Waals surface area contributed by atoms with Gasteiger partial charge in [-0.2, -0.15) is 0 Å². The van der Waals surface area contributed by atoms with Gasteiger partial charge in [0.25, 0.3) is 0 Å². The summed E-state index contributed by atoms with van der Waals surface area (Å²) in [6.45, 7) is 2.14. The van der Waals surface area contributed by atoms with Crippen LogP contribution < -0.4 is 5.73 Å². The maximum atomic E-state index is 10.9. The lowest BCUT2D eigenvalue weighted by Crippen LogP contribution is -2.22. The lowest BCUT2D eigenvalue weighted by Gasteiger charge is -2.30. The second-order valence-corrected chi connectivity index (χ2v) is 4.32. The third kappa shape index (κ3) is 2.69. The van der Waals surface area contributed by atoms with Gasteiger partial charge in [0.05, 0.1) is 5.57 Å². The zero-order chi connectivity index (χ0) is 10.6. The van der Waals surface area contributed by atoms with Gasteiger partial charge < -0.3 is 11.1 Å². The number of nitrogens with one attached hydrogen (secondary N) is 1. The fourth-order valence-corrected chi connectivity index (χ4v) is 2.06. The first-order valence-corrected chi connectivity index (χ1v) is 5.10. The van der Waals surface area contributed by atoms with Crippen LogP contribution in [0.3, 0.4) is 0 Å². The second kappa shape index (κ2) is 4.40. The molecule has 3 N–H and O–H groups in total. The number of hydrogen-bond acceptors (Lipinski definition) is 2. The lowest BCUT2D eigenvalue weighted by molar-refractivity contribution is -0.114. The Morgan fingerprint density at radius 2 is 1.93 bits per heavy atom. The van der Waals surface area contributed by atoms with E-state index in [2.05, 4.69) is 6.92 Å². The number of carbonyl (C=O) groups is 1. The van der Waals surface area contributed by atoms with E-state index in [9.17, 15) is 4.79 Å². The molecule has 0 aromatic heterocycles. The molecule has 0 unspecified atom stereocenters. The fraction of sp³-hybridized carbons (Fsp3) is 0.636. The smallest absolute Gasteiger partial charge is 0.249 e. The molecule has 0 aromatic carbocycles. The number of amides is 1. The predicted molar refractivity (Wildman–Crippen MR) is 57.3 cm³/mol. The van der Waals surface area contributed by atoms with Gasteiger partial charge >= 0.3 is 0 Å². The van der Waals surface area contributed by atoms with Crippen molar-refractivity contribution in [3.8, 4) is 0 Å². The summed E-state index contributed by atoms with van der Waals surface area (Å²) in [6, 6.07) is 0. The average Bonchev–Trinajstić information content (AvgIpc) is 2.15. The van der Waals surface area contributed by atoms with Gasteiger partial charge in [0, 0.05) is 6.21 Å². The van der Waals surface area contributed by atoms with E-state index in [0.29, 0.717) is 5.57 Å². The molecule has 0 spiro atoms. The van der Waals surface area contributed by atoms with Gasteiger partial charge in [-0.1, -0.05) is 32.3 Å². The zero-order valence-corrected chi connectivity index (χ0v) is 8.68. The molecule has 0 aliphatic heterocycles. The summed E-state index contributed by atoms with van der Waals surface area (Å²) < 4.78 is 0. The van der Waals surface area contributed by atoms with Crippen LogP contribution >= 0.6 is 0 Å². The molecule has 1 aliphatic rings. The van der Waals surface area contributed by atoms with E-state index in [1.165, 1.54) is 19.3 Å². The van der Waals surface area contributed by atoms with Crippen LogP contribution in [0.25, 0.3) is 0 Å². The first-order valence-electron chi connectivity index (χ1n) is 5.10. The summed E-state index contributed by atoms with van der Waals surface area (Å²) >= 11 is 0. The molecule has 14 heavy (non-hydrogen) atoms. The van der Waals surface area contributed by atoms with Crippen LogP contribution in [0.2, 0.25) is 0 Å². The summed E-state index contributed by atoms with van der Waals surface area (Å²) in [5.41, 5.74) is 5.58. The number of nitrogens with two attached hydrogens (primary N) is 1. The summed E-state index contributed by atoms with van der Waals surface area (Å²) in [5, 5.41) is 7.10. The fourth-order valence-electron chi connectivity index (χ4n) is 2.06. The molecule has 0 atom stereocenters. The quantitative estimate of drug-likeness (QED) is 0.524. The van der Waals surface area contributed by atoms with Crippen LogP contribution in [0.1, 0.15) is 39.0 Å². The molecule has 78 valence electrons. The van der Waals surface area contributed by atoms with Crippen molar-refractivity contribution in [1.29, 1.82) is 5.41 Å². The average molecular weight is 194 g/mol. The van der Waals surface area contributed by atoms with Crippen molar-refractivity contribution in [2.24, 2.45) is 11.1 Å². The van der Waals surface area contributed by atoms with Crippen molar-refractivity contribution in [1.82, 2.24) is 0 Å². The molecule has 1 saturated carbocycles. The SMILES string of the molecule is CC1(/C=C(\C=N)C(N)=O)CCCCC1. The highest BCUT2D eigenvalue weighted by Gasteiger charge is 2.25. The largest absolute Gasteiger partial charge is 0.366 e. The van der Waals surface area contributed by atoms with Crippen molar-refractivity contribution in [2.45, 2.75) is 39.0 Å². The predicted octanol–water partition coefficient (Wildman–Crippen LogP) is 2.02. The topological polar surface area (TPSA) is 66.9 Å². The monoisotopic (exact) mass is 194 g/mol. The van der Waals surface area contributed by atoms with Crippen LogP contribution in [0.5, 0.6) is 0 Å². The summed E-state index contributed by atoms with van der Waals surface area (Å²) in [4.78, 5) is 10.9. The number of hydrogen-bond donors (Lipinski definition) is 2. The minimum absolute atomic E-state index is 0.0696. The van der Waals surface area contributed by atoms with Gasteiger partial charge in [0.15, 0.2) is 0 Å². The molecule has 0 saturated heterocycles. The van der Waals surface area contributed by atoms with Gasteiger partial charge in [-0.15, -0.1) is 0 Å². The zero-order valence-electron chi connectivity index (χ0n) is 8.68. The summed E-state index contributed by atoms with van der Waals surface area (Å²) in [6.07, 6.45) is 8.81. The molecule has 0 heterocycles. The Bertz CT molecular complexity index is 262. The van der Waals surface area contributed by atoms with E-state index in [0.717, 1.165) is 19.1 Å². The first kappa shape index (κ1) is 11.0. The highest BCUT2D eigenvalue weighted by molar-refractivity contribution is 6.10. The van der Waals surface area contributed by atoms with Gasteiger partial charge in [-0.25, -0.2) is 0 Å². The first-order chi connectivity index (χ1) is 6.57. The van der Waals surface area contributed by atoms with Gasteiger partial charge in [0.1, 0.15) is 0 Å². The normalized spacial score (nSPS) is 21.6. The third-order valence-electron chi connectivity index (χ3n) is 2.94. The Labute approximate surface area is 84.9 Å². The minimum atomic E-state index is -0.494. The number of rotatable bonds is 3. The highest BCUT2D eigenvalue weighted by atomic mass is 16.1. The van der Waals surface area contributed by atoms with Crippen LogP contribution in [-0.2, 0) is 4.79 Å². The molecular weight excluding hydrogens is 176 g/mol. The van der Waals surface area contributed by atoms with Crippen LogP contribution in [0.4, 0.5) is 0 Å². The molecule has 0 bridgehead atoms. The standard InChI is InChI=1S/C11H18N2O/c1-11(5-3-2-4-6-11)7-9(8-12)10(13)14/h7-8,12H,2-6H2,1H3,(H2,13,14)/b9-7+,12-8?. The molecular formula is C11H18N2O. The Morgan fingerprint density at radius 1 is 1.36 bits per heavy atom. The maximum absolute atomic E-state index is 10.9. The Kier molecular flexibility index (Phi) is 3.44. The molecule has 1 rings (SSSR count). The van der Waals surface area contributed by atoms with E-state index < -0.39 is 5.91 Å². The molecule has 0 radical (unpaired) electrons. The van der Waals surface area contributed by atoms with E-state index in [4.69, 9.17) is 11.1 Å². The molecule has 1 amide bonds. The third-order valence-corrected chi connectivity index (χ3v) is 2.94. The van der Waals surface area contributed by atoms with Crippen molar-refractivity contribution in [3.63, 3.8) is 0 Å². The van der Waals surface area contributed by atoms with E-state index in [-0.39, 0.29) is 5.41 Å².